The van der Waals surface area contributed by atoms with Crippen molar-refractivity contribution in [1.82, 2.24) is 10.6 Å². The van der Waals surface area contributed by atoms with Gasteiger partial charge in [-0.3, -0.25) is 9.59 Å². The topological polar surface area (TPSA) is 87.7 Å². The van der Waals surface area contributed by atoms with E-state index in [0.29, 0.717) is 18.6 Å². The number of hydrogen-bond acceptors (Lipinski definition) is 5. The van der Waals surface area contributed by atoms with Crippen molar-refractivity contribution in [3.8, 4) is 0 Å². The van der Waals surface area contributed by atoms with Crippen LogP contribution < -0.4 is 10.6 Å². The van der Waals surface area contributed by atoms with Crippen molar-refractivity contribution in [2.75, 3.05) is 26.2 Å². The summed E-state index contributed by atoms with van der Waals surface area (Å²) in [5.74, 6) is 0.715. The molecular weight excluding hydrogens is 344 g/mol. The molecule has 1 aliphatic heterocycles. The van der Waals surface area contributed by atoms with Gasteiger partial charge in [0.05, 0.1) is 6.61 Å². The second-order valence-electron chi connectivity index (χ2n) is 7.73. The highest BCUT2D eigenvalue weighted by atomic mass is 16.5. The molecule has 1 saturated heterocycles. The summed E-state index contributed by atoms with van der Waals surface area (Å²) in [5, 5.41) is 14.7. The van der Waals surface area contributed by atoms with E-state index in [1.54, 1.807) is 0 Å². The van der Waals surface area contributed by atoms with Crippen LogP contribution in [0.25, 0.3) is 0 Å². The molecule has 0 bridgehead atoms. The molecule has 1 aromatic rings. The molecule has 1 aliphatic rings. The van der Waals surface area contributed by atoms with Crippen LogP contribution in [0.1, 0.15) is 56.0 Å². The average molecular weight is 379 g/mol. The van der Waals surface area contributed by atoms with Crippen molar-refractivity contribution in [2.24, 2.45) is 5.92 Å². The van der Waals surface area contributed by atoms with Gasteiger partial charge in [0, 0.05) is 12.1 Å². The minimum atomic E-state index is -0.318. The molecule has 0 aromatic heterocycles. The molecule has 6 nitrogen and oxygen atoms in total. The van der Waals surface area contributed by atoms with Crippen LogP contribution in [0.3, 0.4) is 0 Å². The molecule has 1 aromatic carbocycles. The molecule has 0 radical (unpaired) electrons. The van der Waals surface area contributed by atoms with Crippen molar-refractivity contribution in [3.05, 3.63) is 35.4 Å². The van der Waals surface area contributed by atoms with Gasteiger partial charge in [0.2, 0.25) is 0 Å². The van der Waals surface area contributed by atoms with Gasteiger partial charge in [0.1, 0.15) is 5.60 Å². The van der Waals surface area contributed by atoms with E-state index in [2.05, 4.69) is 15.4 Å². The first kappa shape index (κ1) is 23.1. The van der Waals surface area contributed by atoms with E-state index in [9.17, 15) is 9.59 Å². The number of hydrogen-bond donors (Lipinski definition) is 3. The Labute approximate surface area is 162 Å². The molecule has 0 unspecified atom stereocenters. The number of carbonyl (C=O) groups is 2. The first-order valence-corrected chi connectivity index (χ1v) is 9.66. The molecule has 0 atom stereocenters. The largest absolute Gasteiger partial charge is 0.462 e. The Morgan fingerprint density at radius 3 is 2.37 bits per heavy atom. The van der Waals surface area contributed by atoms with Crippen LogP contribution >= 0.6 is 0 Å². The SMILES string of the molecule is CC(C)(C)OC=O.O=C(NCCO)c1ccc(CCC2CCNCC2)cc1. The molecule has 2 rings (SSSR count). The Balaban J connectivity index is 0.000000445. The van der Waals surface area contributed by atoms with Crippen molar-refractivity contribution in [2.45, 2.75) is 52.1 Å². The average Bonchev–Trinajstić information content (AvgIpc) is 2.65. The van der Waals surface area contributed by atoms with Crippen molar-refractivity contribution in [1.29, 1.82) is 0 Å². The molecule has 3 N–H and O–H groups in total. The Hall–Kier alpha value is -1.92. The van der Waals surface area contributed by atoms with Gasteiger partial charge in [-0.1, -0.05) is 12.1 Å². The quantitative estimate of drug-likeness (QED) is 0.634. The minimum Gasteiger partial charge on any atom is -0.462 e. The van der Waals surface area contributed by atoms with Gasteiger partial charge >= 0.3 is 0 Å². The molecule has 27 heavy (non-hydrogen) atoms. The fourth-order valence-corrected chi connectivity index (χ4v) is 2.78. The summed E-state index contributed by atoms with van der Waals surface area (Å²) in [5.41, 5.74) is 1.63. The maximum atomic E-state index is 11.7. The highest BCUT2D eigenvalue weighted by molar-refractivity contribution is 5.94. The van der Waals surface area contributed by atoms with Crippen LogP contribution in [0.2, 0.25) is 0 Å². The number of benzene rings is 1. The van der Waals surface area contributed by atoms with Gasteiger partial charge in [0.15, 0.2) is 0 Å². The molecule has 1 heterocycles. The van der Waals surface area contributed by atoms with Crippen molar-refractivity contribution < 1.29 is 19.4 Å². The van der Waals surface area contributed by atoms with Crippen molar-refractivity contribution in [3.63, 3.8) is 0 Å². The van der Waals surface area contributed by atoms with E-state index in [0.717, 1.165) is 25.4 Å². The lowest BCUT2D eigenvalue weighted by Gasteiger charge is -2.22. The van der Waals surface area contributed by atoms with Crippen molar-refractivity contribution >= 4 is 12.4 Å². The molecule has 0 spiro atoms. The molecule has 1 amide bonds. The summed E-state index contributed by atoms with van der Waals surface area (Å²) in [6, 6.07) is 7.80. The molecule has 1 fully saturated rings. The van der Waals surface area contributed by atoms with E-state index < -0.39 is 0 Å². The number of rotatable bonds is 7. The predicted molar refractivity (Wildman–Crippen MR) is 107 cm³/mol. The second kappa shape index (κ2) is 12.5. The first-order chi connectivity index (χ1) is 12.9. The van der Waals surface area contributed by atoms with Gasteiger partial charge in [-0.25, -0.2) is 0 Å². The summed E-state index contributed by atoms with van der Waals surface area (Å²) in [7, 11) is 0. The van der Waals surface area contributed by atoms with Gasteiger partial charge in [-0.15, -0.1) is 0 Å². The fourth-order valence-electron chi connectivity index (χ4n) is 2.78. The summed E-state index contributed by atoms with van der Waals surface area (Å²) >= 11 is 0. The standard InChI is InChI=1S/C16H24N2O2.C5H10O2/c19-12-11-18-16(20)15-5-3-13(4-6-15)1-2-14-7-9-17-10-8-14;1-5(2,3)7-4-6/h3-6,14,17,19H,1-2,7-12H2,(H,18,20);4H,1-3H3. The van der Waals surface area contributed by atoms with Crippen LogP contribution in [0.15, 0.2) is 24.3 Å². The summed E-state index contributed by atoms with van der Waals surface area (Å²) in [4.78, 5) is 21.3. The van der Waals surface area contributed by atoms with E-state index in [1.807, 2.05) is 45.0 Å². The van der Waals surface area contributed by atoms with Gasteiger partial charge in [-0.2, -0.15) is 0 Å². The first-order valence-electron chi connectivity index (χ1n) is 9.66. The lowest BCUT2D eigenvalue weighted by atomic mass is 9.91. The highest BCUT2D eigenvalue weighted by Crippen LogP contribution is 2.19. The Kier molecular flexibility index (Phi) is 10.7. The minimum absolute atomic E-state index is 0.0277. The highest BCUT2D eigenvalue weighted by Gasteiger charge is 2.13. The fraction of sp³-hybridized carbons (Fsp3) is 0.619. The van der Waals surface area contributed by atoms with Gasteiger partial charge < -0.3 is 20.5 Å². The number of aliphatic hydroxyl groups excluding tert-OH is 1. The Morgan fingerprint density at radius 1 is 1.26 bits per heavy atom. The van der Waals surface area contributed by atoms with Gasteiger partial charge in [0.25, 0.3) is 12.4 Å². The Bertz CT molecular complexity index is 546. The monoisotopic (exact) mass is 378 g/mol. The zero-order chi connectivity index (χ0) is 20.1. The van der Waals surface area contributed by atoms with Crippen LogP contribution in [-0.2, 0) is 16.0 Å². The lowest BCUT2D eigenvalue weighted by molar-refractivity contribution is -0.138. The number of aliphatic hydroxyl groups is 1. The van der Waals surface area contributed by atoms with Gasteiger partial charge in [-0.05, 0) is 83.2 Å². The van der Waals surface area contributed by atoms with Crippen LogP contribution in [0, 0.1) is 5.92 Å². The lowest BCUT2D eigenvalue weighted by Crippen LogP contribution is -2.27. The second-order valence-corrected chi connectivity index (χ2v) is 7.73. The molecular formula is C21H34N2O4. The summed E-state index contributed by atoms with van der Waals surface area (Å²) < 4.78 is 4.55. The maximum absolute atomic E-state index is 11.7. The predicted octanol–water partition coefficient (Wildman–Crippen LogP) is 2.30. The van der Waals surface area contributed by atoms with E-state index in [4.69, 9.17) is 5.11 Å². The number of aryl methyl sites for hydroxylation is 1. The summed E-state index contributed by atoms with van der Waals surface area (Å²) in [6.45, 7) is 8.49. The molecule has 0 aliphatic carbocycles. The summed E-state index contributed by atoms with van der Waals surface area (Å²) in [6.07, 6.45) is 4.88. The number of amides is 1. The van der Waals surface area contributed by atoms with Crippen LogP contribution in [-0.4, -0.2) is 49.3 Å². The maximum Gasteiger partial charge on any atom is 0.293 e. The third-order valence-electron chi connectivity index (χ3n) is 4.32. The van der Waals surface area contributed by atoms with E-state index in [-0.39, 0.29) is 18.1 Å². The molecule has 6 heteroatoms. The zero-order valence-electron chi connectivity index (χ0n) is 16.8. The molecule has 0 saturated carbocycles. The smallest absolute Gasteiger partial charge is 0.293 e. The number of ether oxygens (including phenoxy) is 1. The third-order valence-corrected chi connectivity index (χ3v) is 4.32. The Morgan fingerprint density at radius 2 is 1.89 bits per heavy atom. The third kappa shape index (κ3) is 10.7. The number of nitrogens with one attached hydrogen (secondary N) is 2. The number of piperidine rings is 1. The molecule has 152 valence electrons. The van der Waals surface area contributed by atoms with E-state index in [1.165, 1.54) is 24.8 Å². The van der Waals surface area contributed by atoms with E-state index >= 15 is 0 Å². The van der Waals surface area contributed by atoms with Crippen LogP contribution in [0.5, 0.6) is 0 Å². The van der Waals surface area contributed by atoms with Crippen LogP contribution in [0.4, 0.5) is 0 Å². The normalized spacial score (nSPS) is 14.7. The zero-order valence-corrected chi connectivity index (χ0v) is 16.8. The number of carbonyl (C=O) groups excluding carboxylic acids is 2.